The lowest BCUT2D eigenvalue weighted by Gasteiger charge is -2.35. The zero-order valence-corrected chi connectivity index (χ0v) is 15.7. The van der Waals surface area contributed by atoms with E-state index in [1.165, 1.54) is 20.1 Å². The lowest BCUT2D eigenvalue weighted by molar-refractivity contribution is -0.155. The molecule has 0 spiro atoms. The van der Waals surface area contributed by atoms with Crippen LogP contribution < -0.4 is 4.74 Å². The highest BCUT2D eigenvalue weighted by molar-refractivity contribution is 9.08. The predicted molar refractivity (Wildman–Crippen MR) is 91.5 cm³/mol. The number of hydrogen-bond acceptors (Lipinski definition) is 5. The molecule has 0 aromatic heterocycles. The first-order valence-corrected chi connectivity index (χ1v) is 9.67. The highest BCUT2D eigenvalue weighted by Gasteiger charge is 2.33. The minimum Gasteiger partial charge on any atom is -0.496 e. The third kappa shape index (κ3) is 4.61. The maximum absolute atomic E-state index is 14.0. The molecule has 1 aromatic rings. The number of esters is 1. The summed E-state index contributed by atoms with van der Waals surface area (Å²) < 4.78 is 30.7. The van der Waals surface area contributed by atoms with E-state index in [2.05, 4.69) is 15.9 Å². The van der Waals surface area contributed by atoms with Crippen LogP contribution in [-0.4, -0.2) is 30.9 Å². The molecule has 4 nitrogen and oxygen atoms in total. The molecule has 128 valence electrons. The van der Waals surface area contributed by atoms with Gasteiger partial charge >= 0.3 is 5.97 Å². The fraction of sp³-hybridized carbons (Fsp3) is 0.562. The average Bonchev–Trinajstić information content (AvgIpc) is 2.53. The van der Waals surface area contributed by atoms with Crippen LogP contribution in [-0.2, 0) is 19.6 Å². The molecular weight excluding hydrogens is 387 g/mol. The smallest absolute Gasteiger partial charge is 0.302 e. The number of methoxy groups -OCH3 is 1. The molecule has 1 heterocycles. The molecule has 1 saturated heterocycles. The van der Waals surface area contributed by atoms with E-state index in [-0.39, 0.29) is 29.4 Å². The Kier molecular flexibility index (Phi) is 6.73. The number of rotatable bonds is 5. The minimum atomic E-state index is -0.323. The van der Waals surface area contributed by atoms with Gasteiger partial charge in [-0.15, -0.1) is 11.8 Å². The van der Waals surface area contributed by atoms with Crippen LogP contribution in [0, 0.1) is 5.82 Å². The number of thioether (sulfide) groups is 1. The number of halogens is 2. The largest absolute Gasteiger partial charge is 0.496 e. The molecule has 1 aromatic carbocycles. The molecule has 0 N–H and O–H groups in total. The Balaban J connectivity index is 2.32. The number of carbonyl (C=O) groups is 1. The quantitative estimate of drug-likeness (QED) is 0.541. The van der Waals surface area contributed by atoms with E-state index in [4.69, 9.17) is 14.2 Å². The van der Waals surface area contributed by atoms with Gasteiger partial charge in [-0.25, -0.2) is 4.39 Å². The Bertz CT molecular complexity index is 569. The first-order chi connectivity index (χ1) is 11.0. The summed E-state index contributed by atoms with van der Waals surface area (Å²) in [5.74, 6) is -0.181. The molecule has 7 heteroatoms. The van der Waals surface area contributed by atoms with Crippen molar-refractivity contribution in [3.05, 3.63) is 29.1 Å². The summed E-state index contributed by atoms with van der Waals surface area (Å²) in [7, 11) is 1.50. The van der Waals surface area contributed by atoms with E-state index in [1.54, 1.807) is 17.8 Å². The third-order valence-corrected chi connectivity index (χ3v) is 5.17. The predicted octanol–water partition coefficient (Wildman–Crippen LogP) is 4.20. The number of benzene rings is 1. The van der Waals surface area contributed by atoms with Gasteiger partial charge in [0.25, 0.3) is 0 Å². The van der Waals surface area contributed by atoms with Crippen LogP contribution in [0.25, 0.3) is 0 Å². The van der Waals surface area contributed by atoms with Crippen molar-refractivity contribution in [2.45, 2.75) is 42.7 Å². The van der Waals surface area contributed by atoms with Gasteiger partial charge < -0.3 is 14.2 Å². The molecule has 0 aliphatic carbocycles. The van der Waals surface area contributed by atoms with Gasteiger partial charge in [0.05, 0.1) is 13.2 Å². The standard InChI is InChI=1S/C16H20BrFO4S/c1-9(19)21-11-5-15(22-16(6-11)23-3)12-4-10(8-17)13(18)7-14(12)20-2/h4,7,11,15-16H,5-6,8H2,1-3H3/t11-,15-,16-/m1/s1. The van der Waals surface area contributed by atoms with Crippen molar-refractivity contribution in [2.24, 2.45) is 0 Å². The zero-order chi connectivity index (χ0) is 17.0. The maximum atomic E-state index is 14.0. The molecular formula is C16H20BrFO4S. The molecule has 23 heavy (non-hydrogen) atoms. The fourth-order valence-electron chi connectivity index (χ4n) is 2.68. The second-order valence-corrected chi connectivity index (χ2v) is 6.87. The van der Waals surface area contributed by atoms with E-state index < -0.39 is 0 Å². The van der Waals surface area contributed by atoms with E-state index in [0.29, 0.717) is 29.5 Å². The van der Waals surface area contributed by atoms with Crippen LogP contribution >= 0.6 is 27.7 Å². The van der Waals surface area contributed by atoms with Gasteiger partial charge in [-0.2, -0.15) is 0 Å². The van der Waals surface area contributed by atoms with Crippen molar-refractivity contribution in [3.8, 4) is 5.75 Å². The van der Waals surface area contributed by atoms with Gasteiger partial charge in [0.2, 0.25) is 0 Å². The molecule has 0 radical (unpaired) electrons. The van der Waals surface area contributed by atoms with Gasteiger partial charge in [-0.1, -0.05) is 15.9 Å². The topological polar surface area (TPSA) is 44.8 Å². The van der Waals surface area contributed by atoms with Crippen molar-refractivity contribution in [1.29, 1.82) is 0 Å². The molecule has 0 unspecified atom stereocenters. The number of alkyl halides is 1. The van der Waals surface area contributed by atoms with Crippen molar-refractivity contribution in [2.75, 3.05) is 13.4 Å². The summed E-state index contributed by atoms with van der Waals surface area (Å²) in [6.07, 6.45) is 2.60. The monoisotopic (exact) mass is 406 g/mol. The average molecular weight is 407 g/mol. The van der Waals surface area contributed by atoms with Crippen LogP contribution in [0.4, 0.5) is 4.39 Å². The number of hydrogen-bond donors (Lipinski definition) is 0. The van der Waals surface area contributed by atoms with Crippen LogP contribution in [0.2, 0.25) is 0 Å². The zero-order valence-electron chi connectivity index (χ0n) is 13.3. The van der Waals surface area contributed by atoms with Crippen LogP contribution in [0.5, 0.6) is 5.75 Å². The van der Waals surface area contributed by atoms with E-state index in [0.717, 1.165) is 5.56 Å². The fourth-order valence-corrected chi connectivity index (χ4v) is 3.76. The van der Waals surface area contributed by atoms with E-state index >= 15 is 0 Å². The van der Waals surface area contributed by atoms with Gasteiger partial charge in [-0.05, 0) is 17.9 Å². The minimum absolute atomic E-state index is 0.0831. The Hall–Kier alpha value is -0.790. The summed E-state index contributed by atoms with van der Waals surface area (Å²) in [4.78, 5) is 11.3. The SMILES string of the molecule is COc1cc(F)c(CBr)cc1[C@H]1C[C@@H](OC(C)=O)C[C@@H](SC)O1. The summed E-state index contributed by atoms with van der Waals surface area (Å²) in [6.45, 7) is 1.40. The second kappa shape index (κ2) is 8.35. The summed E-state index contributed by atoms with van der Waals surface area (Å²) >= 11 is 4.85. The van der Waals surface area contributed by atoms with Crippen molar-refractivity contribution < 1.29 is 23.4 Å². The Labute approximate surface area is 148 Å². The third-order valence-electron chi connectivity index (χ3n) is 3.73. The summed E-state index contributed by atoms with van der Waals surface area (Å²) in [5.41, 5.74) is 1.24. The van der Waals surface area contributed by atoms with Crippen molar-refractivity contribution in [1.82, 2.24) is 0 Å². The van der Waals surface area contributed by atoms with Gasteiger partial charge in [0.1, 0.15) is 23.1 Å². The van der Waals surface area contributed by atoms with Gasteiger partial charge in [-0.3, -0.25) is 4.79 Å². The normalized spacial score (nSPS) is 24.3. The van der Waals surface area contributed by atoms with Crippen LogP contribution in [0.15, 0.2) is 12.1 Å². The molecule has 0 amide bonds. The Morgan fingerprint density at radius 1 is 1.48 bits per heavy atom. The Morgan fingerprint density at radius 2 is 2.22 bits per heavy atom. The van der Waals surface area contributed by atoms with Crippen LogP contribution in [0.3, 0.4) is 0 Å². The lowest BCUT2D eigenvalue weighted by Crippen LogP contribution is -2.32. The highest BCUT2D eigenvalue weighted by Crippen LogP contribution is 2.40. The van der Waals surface area contributed by atoms with Crippen molar-refractivity contribution >= 4 is 33.7 Å². The molecule has 1 aliphatic heterocycles. The summed E-state index contributed by atoms with van der Waals surface area (Å²) in [6, 6.07) is 3.12. The number of carbonyl (C=O) groups excluding carboxylic acids is 1. The van der Waals surface area contributed by atoms with Crippen molar-refractivity contribution in [3.63, 3.8) is 0 Å². The van der Waals surface area contributed by atoms with E-state index in [9.17, 15) is 9.18 Å². The summed E-state index contributed by atoms with van der Waals surface area (Å²) in [5, 5.41) is 0.405. The number of ether oxygens (including phenoxy) is 3. The van der Waals surface area contributed by atoms with Gasteiger partial charge in [0.15, 0.2) is 0 Å². The first kappa shape index (κ1) is 18.5. The molecule has 1 aliphatic rings. The first-order valence-electron chi connectivity index (χ1n) is 7.26. The molecule has 0 saturated carbocycles. The second-order valence-electron chi connectivity index (χ2n) is 5.31. The molecule has 0 bridgehead atoms. The molecule has 2 rings (SSSR count). The molecule has 3 atom stereocenters. The molecule has 1 fully saturated rings. The van der Waals surface area contributed by atoms with E-state index in [1.807, 2.05) is 6.26 Å². The maximum Gasteiger partial charge on any atom is 0.302 e. The lowest BCUT2D eigenvalue weighted by atomic mass is 9.96. The van der Waals surface area contributed by atoms with Crippen LogP contribution in [0.1, 0.15) is 37.0 Å². The highest BCUT2D eigenvalue weighted by atomic mass is 79.9. The van der Waals surface area contributed by atoms with Gasteiger partial charge in [0, 0.05) is 36.7 Å². The Morgan fingerprint density at radius 3 is 2.78 bits per heavy atom.